The van der Waals surface area contributed by atoms with E-state index in [1.54, 1.807) is 6.20 Å². The van der Waals surface area contributed by atoms with Crippen LogP contribution in [0.2, 0.25) is 5.02 Å². The van der Waals surface area contributed by atoms with Gasteiger partial charge in [-0.3, -0.25) is 0 Å². The Bertz CT molecular complexity index is 945. The molecule has 0 aliphatic rings. The van der Waals surface area contributed by atoms with Crippen molar-refractivity contribution < 1.29 is 0 Å². The zero-order valence-corrected chi connectivity index (χ0v) is 12.4. The van der Waals surface area contributed by atoms with Gasteiger partial charge in [0.2, 0.25) is 0 Å². The van der Waals surface area contributed by atoms with Crippen LogP contribution in [-0.4, -0.2) is 14.6 Å². The largest absolute Gasteiger partial charge is 0.236 e. The molecule has 2 aromatic heterocycles. The maximum atomic E-state index is 6.32. The molecular weight excluding hydrogens is 294 g/mol. The van der Waals surface area contributed by atoms with Gasteiger partial charge in [-0.05, 0) is 17.7 Å². The van der Waals surface area contributed by atoms with Crippen molar-refractivity contribution in [2.24, 2.45) is 0 Å². The Kier molecular flexibility index (Phi) is 3.13. The van der Waals surface area contributed by atoms with Gasteiger partial charge in [-0.2, -0.15) is 5.10 Å². The molecule has 2 aromatic carbocycles. The number of benzene rings is 2. The summed E-state index contributed by atoms with van der Waals surface area (Å²) >= 11 is 6.32. The summed E-state index contributed by atoms with van der Waals surface area (Å²) < 4.78 is 1.84. The van der Waals surface area contributed by atoms with Gasteiger partial charge in [0, 0.05) is 22.3 Å². The summed E-state index contributed by atoms with van der Waals surface area (Å²) in [6.07, 6.45) is 3.64. The van der Waals surface area contributed by atoms with Gasteiger partial charge in [0.05, 0.1) is 11.9 Å². The molecule has 0 spiro atoms. The van der Waals surface area contributed by atoms with Gasteiger partial charge in [0.25, 0.3) is 0 Å². The maximum Gasteiger partial charge on any atom is 0.163 e. The quantitative estimate of drug-likeness (QED) is 0.536. The highest BCUT2D eigenvalue weighted by Crippen LogP contribution is 2.30. The number of fused-ring (bicyclic) bond motifs is 1. The van der Waals surface area contributed by atoms with Crippen molar-refractivity contribution in [1.29, 1.82) is 0 Å². The lowest BCUT2D eigenvalue weighted by molar-refractivity contribution is 0.948. The first kappa shape index (κ1) is 13.0. The number of nitrogens with zero attached hydrogens (tertiary/aromatic N) is 3. The van der Waals surface area contributed by atoms with E-state index >= 15 is 0 Å². The molecule has 0 fully saturated rings. The summed E-state index contributed by atoms with van der Waals surface area (Å²) in [4.78, 5) is 4.49. The molecule has 0 aliphatic heterocycles. The SMILES string of the molecule is Clc1ccccc1-c1ccnc2c(-c3ccccc3)cnn12. The van der Waals surface area contributed by atoms with E-state index in [1.165, 1.54) is 0 Å². The fourth-order valence-corrected chi connectivity index (χ4v) is 2.82. The summed E-state index contributed by atoms with van der Waals surface area (Å²) in [7, 11) is 0. The van der Waals surface area contributed by atoms with Crippen LogP contribution in [0.1, 0.15) is 0 Å². The molecule has 106 valence electrons. The van der Waals surface area contributed by atoms with Gasteiger partial charge < -0.3 is 0 Å². The Morgan fingerprint density at radius 2 is 1.59 bits per heavy atom. The van der Waals surface area contributed by atoms with Crippen molar-refractivity contribution in [2.45, 2.75) is 0 Å². The predicted molar refractivity (Wildman–Crippen MR) is 88.9 cm³/mol. The fourth-order valence-electron chi connectivity index (χ4n) is 2.59. The van der Waals surface area contributed by atoms with Crippen LogP contribution < -0.4 is 0 Å². The third-order valence-corrected chi connectivity index (χ3v) is 3.97. The van der Waals surface area contributed by atoms with E-state index < -0.39 is 0 Å². The first-order chi connectivity index (χ1) is 10.8. The van der Waals surface area contributed by atoms with E-state index in [9.17, 15) is 0 Å². The number of halogens is 1. The second-order valence-corrected chi connectivity index (χ2v) is 5.38. The standard InChI is InChI=1S/C18H12ClN3/c19-16-9-5-4-8-14(16)17-10-11-20-18-15(12-21-22(17)18)13-6-2-1-3-7-13/h1-12H. The molecule has 4 aromatic rings. The molecule has 0 amide bonds. The van der Waals surface area contributed by atoms with Crippen LogP contribution in [0, 0.1) is 0 Å². The highest BCUT2D eigenvalue weighted by Gasteiger charge is 2.12. The van der Waals surface area contributed by atoms with Crippen LogP contribution in [0.4, 0.5) is 0 Å². The monoisotopic (exact) mass is 305 g/mol. The molecule has 0 saturated carbocycles. The predicted octanol–water partition coefficient (Wildman–Crippen LogP) is 4.72. The molecule has 22 heavy (non-hydrogen) atoms. The molecule has 0 N–H and O–H groups in total. The molecular formula is C18H12ClN3. The van der Waals surface area contributed by atoms with E-state index in [2.05, 4.69) is 22.2 Å². The Morgan fingerprint density at radius 3 is 2.41 bits per heavy atom. The molecule has 0 saturated heterocycles. The van der Waals surface area contributed by atoms with E-state index in [0.29, 0.717) is 5.02 Å². The smallest absolute Gasteiger partial charge is 0.163 e. The van der Waals surface area contributed by atoms with Crippen molar-refractivity contribution in [2.75, 3.05) is 0 Å². The number of aromatic nitrogens is 3. The zero-order valence-electron chi connectivity index (χ0n) is 11.6. The van der Waals surface area contributed by atoms with Crippen LogP contribution in [0.3, 0.4) is 0 Å². The lowest BCUT2D eigenvalue weighted by Gasteiger charge is -2.07. The van der Waals surface area contributed by atoms with Crippen LogP contribution in [0.5, 0.6) is 0 Å². The molecule has 0 atom stereocenters. The van der Waals surface area contributed by atoms with Crippen molar-refractivity contribution in [3.05, 3.63) is 78.1 Å². The minimum atomic E-state index is 0.701. The number of rotatable bonds is 2. The van der Waals surface area contributed by atoms with Crippen molar-refractivity contribution >= 4 is 17.2 Å². The number of hydrogen-bond acceptors (Lipinski definition) is 2. The molecule has 2 heterocycles. The van der Waals surface area contributed by atoms with Crippen LogP contribution in [-0.2, 0) is 0 Å². The lowest BCUT2D eigenvalue weighted by atomic mass is 10.1. The van der Waals surface area contributed by atoms with Crippen LogP contribution in [0.15, 0.2) is 73.1 Å². The average Bonchev–Trinajstić information content (AvgIpc) is 3.00. The minimum absolute atomic E-state index is 0.701. The molecule has 0 radical (unpaired) electrons. The van der Waals surface area contributed by atoms with Crippen molar-refractivity contribution in [1.82, 2.24) is 14.6 Å². The second-order valence-electron chi connectivity index (χ2n) is 4.97. The maximum absolute atomic E-state index is 6.32. The van der Waals surface area contributed by atoms with Gasteiger partial charge in [0.1, 0.15) is 0 Å². The van der Waals surface area contributed by atoms with E-state index in [1.807, 2.05) is 59.2 Å². The van der Waals surface area contributed by atoms with Gasteiger partial charge >= 0.3 is 0 Å². The first-order valence-corrected chi connectivity index (χ1v) is 7.35. The van der Waals surface area contributed by atoms with Crippen molar-refractivity contribution in [3.8, 4) is 22.4 Å². The normalized spacial score (nSPS) is 11.0. The molecule has 4 heteroatoms. The van der Waals surface area contributed by atoms with E-state index in [0.717, 1.165) is 28.0 Å². The lowest BCUT2D eigenvalue weighted by Crippen LogP contribution is -1.96. The highest BCUT2D eigenvalue weighted by molar-refractivity contribution is 6.33. The Balaban J connectivity index is 1.97. The highest BCUT2D eigenvalue weighted by atomic mass is 35.5. The molecule has 0 unspecified atom stereocenters. The average molecular weight is 306 g/mol. The van der Waals surface area contributed by atoms with Gasteiger partial charge in [0.15, 0.2) is 5.65 Å². The van der Waals surface area contributed by atoms with E-state index in [4.69, 9.17) is 11.6 Å². The van der Waals surface area contributed by atoms with Crippen LogP contribution >= 0.6 is 11.6 Å². The van der Waals surface area contributed by atoms with Gasteiger partial charge in [-0.1, -0.05) is 60.1 Å². The number of hydrogen-bond donors (Lipinski definition) is 0. The summed E-state index contributed by atoms with van der Waals surface area (Å²) in [5.74, 6) is 0. The molecule has 0 aliphatic carbocycles. The van der Waals surface area contributed by atoms with Crippen molar-refractivity contribution in [3.63, 3.8) is 0 Å². The second kappa shape index (κ2) is 5.28. The fraction of sp³-hybridized carbons (Fsp3) is 0. The molecule has 0 bridgehead atoms. The molecule has 3 nitrogen and oxygen atoms in total. The summed E-state index contributed by atoms with van der Waals surface area (Å²) in [6.45, 7) is 0. The van der Waals surface area contributed by atoms with E-state index in [-0.39, 0.29) is 0 Å². The van der Waals surface area contributed by atoms with Gasteiger partial charge in [-0.15, -0.1) is 0 Å². The minimum Gasteiger partial charge on any atom is -0.236 e. The zero-order chi connectivity index (χ0) is 14.9. The summed E-state index contributed by atoms with van der Waals surface area (Å²) in [6, 6.07) is 19.8. The topological polar surface area (TPSA) is 30.2 Å². The Morgan fingerprint density at radius 1 is 0.818 bits per heavy atom. The summed E-state index contributed by atoms with van der Waals surface area (Å²) in [5, 5.41) is 5.21. The third kappa shape index (κ3) is 2.07. The summed E-state index contributed by atoms with van der Waals surface area (Å²) in [5.41, 5.74) is 4.80. The van der Waals surface area contributed by atoms with Gasteiger partial charge in [-0.25, -0.2) is 9.50 Å². The third-order valence-electron chi connectivity index (χ3n) is 3.64. The Labute approximate surface area is 132 Å². The van der Waals surface area contributed by atoms with Crippen LogP contribution in [0.25, 0.3) is 28.0 Å². The molecule has 4 rings (SSSR count). The Hall–Kier alpha value is -2.65. The first-order valence-electron chi connectivity index (χ1n) is 6.97.